The van der Waals surface area contributed by atoms with Gasteiger partial charge in [-0.15, -0.1) is 0 Å². The maximum Gasteiger partial charge on any atom is 0.341 e. The van der Waals surface area contributed by atoms with Crippen molar-refractivity contribution in [1.82, 2.24) is 9.97 Å². The Bertz CT molecular complexity index is 667. The number of rotatable bonds is 6. The van der Waals surface area contributed by atoms with Gasteiger partial charge in [-0.3, -0.25) is 0 Å². The van der Waals surface area contributed by atoms with Crippen molar-refractivity contribution in [2.75, 3.05) is 18.2 Å². The fourth-order valence-electron chi connectivity index (χ4n) is 1.79. The number of hydrogen-bond donors (Lipinski definition) is 1. The number of halogens is 1. The molecule has 7 heteroatoms. The van der Waals surface area contributed by atoms with Gasteiger partial charge in [0, 0.05) is 6.20 Å². The van der Waals surface area contributed by atoms with Gasteiger partial charge in [0.1, 0.15) is 5.56 Å². The van der Waals surface area contributed by atoms with Crippen LogP contribution < -0.4 is 5.32 Å². The van der Waals surface area contributed by atoms with Gasteiger partial charge in [0.2, 0.25) is 0 Å². The Balaban J connectivity index is 2.24. The van der Waals surface area contributed by atoms with Crippen molar-refractivity contribution in [1.29, 1.82) is 0 Å². The highest BCUT2D eigenvalue weighted by Gasteiger charge is 2.15. The minimum absolute atomic E-state index is 0.306. The van der Waals surface area contributed by atoms with Crippen LogP contribution in [-0.4, -0.2) is 28.8 Å². The highest BCUT2D eigenvalue weighted by Crippen LogP contribution is 2.22. The highest BCUT2D eigenvalue weighted by atomic mass is 35.5. The lowest BCUT2D eigenvalue weighted by Crippen LogP contribution is -2.14. The zero-order valence-corrected chi connectivity index (χ0v) is 13.9. The second-order valence-electron chi connectivity index (χ2n) is 4.27. The van der Waals surface area contributed by atoms with E-state index in [1.165, 1.54) is 18.0 Å². The standard InChI is InChI=1S/C15H16ClN3O2S/c1-3-21-14(20)10-8-18-15(22-2)19-13(10)9-17-12-7-5-4-6-11(12)16/h4-8,17H,3,9H2,1-2H3. The van der Waals surface area contributed by atoms with E-state index in [1.807, 2.05) is 24.5 Å². The number of nitrogens with one attached hydrogen (secondary N) is 1. The number of ether oxygens (including phenoxy) is 1. The van der Waals surface area contributed by atoms with E-state index in [0.717, 1.165) is 5.69 Å². The van der Waals surface area contributed by atoms with Crippen LogP contribution in [0.25, 0.3) is 0 Å². The van der Waals surface area contributed by atoms with Gasteiger partial charge in [-0.05, 0) is 25.3 Å². The number of carbonyl (C=O) groups is 1. The average Bonchev–Trinajstić information content (AvgIpc) is 2.54. The summed E-state index contributed by atoms with van der Waals surface area (Å²) >= 11 is 7.52. The van der Waals surface area contributed by atoms with Crippen LogP contribution in [0.1, 0.15) is 23.0 Å². The molecule has 0 radical (unpaired) electrons. The number of nitrogens with zero attached hydrogens (tertiary/aromatic N) is 2. The maximum atomic E-state index is 12.0. The summed E-state index contributed by atoms with van der Waals surface area (Å²) in [7, 11) is 0. The summed E-state index contributed by atoms with van der Waals surface area (Å²) in [6, 6.07) is 7.40. The van der Waals surface area contributed by atoms with Crippen LogP contribution in [0.5, 0.6) is 0 Å². The molecule has 0 spiro atoms. The molecule has 0 atom stereocenters. The van der Waals surface area contributed by atoms with Gasteiger partial charge in [-0.1, -0.05) is 35.5 Å². The van der Waals surface area contributed by atoms with Crippen molar-refractivity contribution >= 4 is 35.0 Å². The topological polar surface area (TPSA) is 64.1 Å². The van der Waals surface area contributed by atoms with E-state index < -0.39 is 5.97 Å². The molecule has 2 aromatic rings. The smallest absolute Gasteiger partial charge is 0.341 e. The van der Waals surface area contributed by atoms with E-state index in [9.17, 15) is 4.79 Å². The van der Waals surface area contributed by atoms with Crippen LogP contribution in [-0.2, 0) is 11.3 Å². The van der Waals surface area contributed by atoms with Gasteiger partial charge >= 0.3 is 5.97 Å². The van der Waals surface area contributed by atoms with Crippen LogP contribution >= 0.6 is 23.4 Å². The molecule has 0 aliphatic rings. The second-order valence-corrected chi connectivity index (χ2v) is 5.45. The lowest BCUT2D eigenvalue weighted by atomic mass is 10.2. The van der Waals surface area contributed by atoms with Crippen molar-refractivity contribution in [3.63, 3.8) is 0 Å². The predicted molar refractivity (Wildman–Crippen MR) is 88.5 cm³/mol. The molecule has 2 rings (SSSR count). The van der Waals surface area contributed by atoms with Gasteiger partial charge in [0.25, 0.3) is 0 Å². The number of esters is 1. The summed E-state index contributed by atoms with van der Waals surface area (Å²) in [5, 5.41) is 4.39. The third-order valence-corrected chi connectivity index (χ3v) is 3.74. The van der Waals surface area contributed by atoms with E-state index in [2.05, 4.69) is 15.3 Å². The molecule has 1 heterocycles. The molecule has 1 aromatic heterocycles. The van der Waals surface area contributed by atoms with Crippen LogP contribution in [0.2, 0.25) is 5.02 Å². The minimum atomic E-state index is -0.425. The van der Waals surface area contributed by atoms with Gasteiger partial charge in [0.15, 0.2) is 5.16 Å². The first-order valence-corrected chi connectivity index (χ1v) is 8.31. The number of thioether (sulfide) groups is 1. The van der Waals surface area contributed by atoms with E-state index in [4.69, 9.17) is 16.3 Å². The summed E-state index contributed by atoms with van der Waals surface area (Å²) in [6.45, 7) is 2.42. The van der Waals surface area contributed by atoms with E-state index in [1.54, 1.807) is 13.0 Å². The van der Waals surface area contributed by atoms with Crippen LogP contribution in [0.3, 0.4) is 0 Å². The Morgan fingerprint density at radius 3 is 2.86 bits per heavy atom. The molecule has 0 amide bonds. The lowest BCUT2D eigenvalue weighted by Gasteiger charge is -2.11. The molecule has 1 aromatic carbocycles. The predicted octanol–water partition coefficient (Wildman–Crippen LogP) is 3.64. The van der Waals surface area contributed by atoms with Crippen molar-refractivity contribution in [2.45, 2.75) is 18.6 Å². The van der Waals surface area contributed by atoms with E-state index >= 15 is 0 Å². The minimum Gasteiger partial charge on any atom is -0.462 e. The molecule has 0 bridgehead atoms. The van der Waals surface area contributed by atoms with Crippen LogP contribution in [0.15, 0.2) is 35.6 Å². The molecule has 0 aliphatic heterocycles. The molecule has 0 saturated carbocycles. The molecule has 0 unspecified atom stereocenters. The van der Waals surface area contributed by atoms with Gasteiger partial charge < -0.3 is 10.1 Å². The number of carbonyl (C=O) groups excluding carboxylic acids is 1. The fourth-order valence-corrected chi connectivity index (χ4v) is 2.36. The van der Waals surface area contributed by atoms with E-state index in [-0.39, 0.29) is 0 Å². The van der Waals surface area contributed by atoms with Crippen molar-refractivity contribution in [3.8, 4) is 0 Å². The van der Waals surface area contributed by atoms with Crippen molar-refractivity contribution in [3.05, 3.63) is 46.7 Å². The third kappa shape index (κ3) is 4.11. The van der Waals surface area contributed by atoms with Crippen LogP contribution in [0, 0.1) is 0 Å². The zero-order valence-electron chi connectivity index (χ0n) is 12.3. The maximum absolute atomic E-state index is 12.0. The lowest BCUT2D eigenvalue weighted by molar-refractivity contribution is 0.0523. The zero-order chi connectivity index (χ0) is 15.9. The quantitative estimate of drug-likeness (QED) is 0.493. The SMILES string of the molecule is CCOC(=O)c1cnc(SC)nc1CNc1ccccc1Cl. The Labute approximate surface area is 138 Å². The molecular weight excluding hydrogens is 322 g/mol. The molecule has 0 saturated heterocycles. The fraction of sp³-hybridized carbons (Fsp3) is 0.267. The van der Waals surface area contributed by atoms with Gasteiger partial charge in [0.05, 0.1) is 29.6 Å². The summed E-state index contributed by atoms with van der Waals surface area (Å²) in [6.07, 6.45) is 3.38. The third-order valence-electron chi connectivity index (χ3n) is 2.84. The molecule has 0 aliphatic carbocycles. The first kappa shape index (κ1) is 16.6. The molecular formula is C15H16ClN3O2S. The molecule has 116 valence electrons. The summed E-state index contributed by atoms with van der Waals surface area (Å²) in [5.41, 5.74) is 1.72. The summed E-state index contributed by atoms with van der Waals surface area (Å²) in [5.74, 6) is -0.425. The molecule has 22 heavy (non-hydrogen) atoms. The van der Waals surface area contributed by atoms with Crippen LogP contribution in [0.4, 0.5) is 5.69 Å². The highest BCUT2D eigenvalue weighted by molar-refractivity contribution is 7.98. The number of para-hydroxylation sites is 1. The molecule has 1 N–H and O–H groups in total. The number of benzene rings is 1. The first-order valence-electron chi connectivity index (χ1n) is 6.71. The average molecular weight is 338 g/mol. The summed E-state index contributed by atoms with van der Waals surface area (Å²) in [4.78, 5) is 20.5. The first-order chi connectivity index (χ1) is 10.7. The Kier molecular flexibility index (Phi) is 6.03. The van der Waals surface area contributed by atoms with Gasteiger partial charge in [-0.25, -0.2) is 14.8 Å². The normalized spacial score (nSPS) is 10.3. The summed E-state index contributed by atoms with van der Waals surface area (Å²) < 4.78 is 5.04. The largest absolute Gasteiger partial charge is 0.462 e. The second kappa shape index (κ2) is 8.00. The number of hydrogen-bond acceptors (Lipinski definition) is 6. The van der Waals surface area contributed by atoms with Crippen molar-refractivity contribution in [2.24, 2.45) is 0 Å². The van der Waals surface area contributed by atoms with Crippen molar-refractivity contribution < 1.29 is 9.53 Å². The van der Waals surface area contributed by atoms with E-state index in [0.29, 0.717) is 34.6 Å². The Hall–Kier alpha value is -1.79. The monoisotopic (exact) mass is 337 g/mol. The number of aromatic nitrogens is 2. The molecule has 0 fully saturated rings. The Morgan fingerprint density at radius 1 is 1.41 bits per heavy atom. The molecule has 5 nitrogen and oxygen atoms in total. The number of anilines is 1. The van der Waals surface area contributed by atoms with Gasteiger partial charge in [-0.2, -0.15) is 0 Å². The Morgan fingerprint density at radius 2 is 2.18 bits per heavy atom.